The molecule has 0 amide bonds. The Kier molecular flexibility index (Phi) is 3.80. The predicted molar refractivity (Wildman–Crippen MR) is 70.3 cm³/mol. The molecule has 4 heteroatoms. The third-order valence-corrected chi connectivity index (χ3v) is 2.84. The Hall–Kier alpha value is -2.36. The maximum absolute atomic E-state index is 13.7. The molecule has 0 saturated heterocycles. The van der Waals surface area contributed by atoms with E-state index in [0.717, 1.165) is 0 Å². The molecular formula is C15H13FO3. The van der Waals surface area contributed by atoms with E-state index in [0.29, 0.717) is 28.9 Å². The topological polar surface area (TPSA) is 35.5 Å². The first-order chi connectivity index (χ1) is 9.21. The summed E-state index contributed by atoms with van der Waals surface area (Å²) in [6.45, 7) is 0. The fourth-order valence-corrected chi connectivity index (χ4v) is 1.90. The third kappa shape index (κ3) is 2.42. The molecule has 0 aromatic heterocycles. The summed E-state index contributed by atoms with van der Waals surface area (Å²) >= 11 is 0. The Labute approximate surface area is 110 Å². The van der Waals surface area contributed by atoms with Crippen LogP contribution in [-0.2, 0) is 0 Å². The lowest BCUT2D eigenvalue weighted by Crippen LogP contribution is -1.94. The SMILES string of the molecule is COc1cccc(-c2ccc(C=O)c(F)c2)c1OC. The summed E-state index contributed by atoms with van der Waals surface area (Å²) in [5.41, 5.74) is 1.36. The molecule has 0 spiro atoms. The molecule has 2 aromatic rings. The zero-order valence-corrected chi connectivity index (χ0v) is 10.6. The molecular weight excluding hydrogens is 247 g/mol. The highest BCUT2D eigenvalue weighted by Gasteiger charge is 2.12. The number of carbonyl (C=O) groups is 1. The number of hydrogen-bond acceptors (Lipinski definition) is 3. The molecule has 0 unspecified atom stereocenters. The van der Waals surface area contributed by atoms with Gasteiger partial charge in [0.15, 0.2) is 17.8 Å². The zero-order chi connectivity index (χ0) is 13.8. The lowest BCUT2D eigenvalue weighted by atomic mass is 10.0. The molecule has 0 N–H and O–H groups in total. The third-order valence-electron chi connectivity index (χ3n) is 2.84. The van der Waals surface area contributed by atoms with E-state index in [1.807, 2.05) is 0 Å². The molecule has 0 heterocycles. The van der Waals surface area contributed by atoms with Gasteiger partial charge in [0.1, 0.15) is 5.82 Å². The van der Waals surface area contributed by atoms with Crippen LogP contribution in [0.15, 0.2) is 36.4 Å². The van der Waals surface area contributed by atoms with Gasteiger partial charge in [0.05, 0.1) is 19.8 Å². The zero-order valence-electron chi connectivity index (χ0n) is 10.6. The van der Waals surface area contributed by atoms with Crippen molar-refractivity contribution in [2.24, 2.45) is 0 Å². The summed E-state index contributed by atoms with van der Waals surface area (Å²) < 4.78 is 24.2. The maximum atomic E-state index is 13.7. The van der Waals surface area contributed by atoms with Crippen LogP contribution in [0.25, 0.3) is 11.1 Å². The summed E-state index contributed by atoms with van der Waals surface area (Å²) in [7, 11) is 3.06. The number of carbonyl (C=O) groups excluding carboxylic acids is 1. The highest BCUT2D eigenvalue weighted by atomic mass is 19.1. The van der Waals surface area contributed by atoms with Crippen molar-refractivity contribution in [2.45, 2.75) is 0 Å². The van der Waals surface area contributed by atoms with Crippen molar-refractivity contribution in [1.82, 2.24) is 0 Å². The molecule has 3 nitrogen and oxygen atoms in total. The normalized spacial score (nSPS) is 10.1. The molecule has 0 aliphatic rings. The van der Waals surface area contributed by atoms with Gasteiger partial charge in [-0.2, -0.15) is 0 Å². The van der Waals surface area contributed by atoms with Gasteiger partial charge in [-0.25, -0.2) is 4.39 Å². The number of halogens is 1. The average Bonchev–Trinajstić information content (AvgIpc) is 2.46. The smallest absolute Gasteiger partial charge is 0.168 e. The fourth-order valence-electron chi connectivity index (χ4n) is 1.90. The van der Waals surface area contributed by atoms with Crippen LogP contribution in [0, 0.1) is 5.82 Å². The van der Waals surface area contributed by atoms with E-state index in [2.05, 4.69) is 0 Å². The Balaban J connectivity index is 2.58. The van der Waals surface area contributed by atoms with Crippen LogP contribution in [0.2, 0.25) is 0 Å². The van der Waals surface area contributed by atoms with Gasteiger partial charge >= 0.3 is 0 Å². The lowest BCUT2D eigenvalue weighted by Gasteiger charge is -2.12. The minimum absolute atomic E-state index is 0.0330. The quantitative estimate of drug-likeness (QED) is 0.791. The Morgan fingerprint density at radius 3 is 2.47 bits per heavy atom. The average molecular weight is 260 g/mol. The largest absolute Gasteiger partial charge is 0.493 e. The Morgan fingerprint density at radius 1 is 1.11 bits per heavy atom. The van der Waals surface area contributed by atoms with E-state index in [1.54, 1.807) is 24.3 Å². The highest BCUT2D eigenvalue weighted by Crippen LogP contribution is 2.37. The van der Waals surface area contributed by atoms with Gasteiger partial charge in [0.25, 0.3) is 0 Å². The van der Waals surface area contributed by atoms with E-state index in [4.69, 9.17) is 9.47 Å². The Bertz CT molecular complexity index is 608. The number of benzene rings is 2. The second-order valence-corrected chi connectivity index (χ2v) is 3.90. The molecule has 0 atom stereocenters. The Morgan fingerprint density at radius 2 is 1.89 bits per heavy atom. The second kappa shape index (κ2) is 5.52. The first-order valence-corrected chi connectivity index (χ1v) is 5.67. The summed E-state index contributed by atoms with van der Waals surface area (Å²) in [5.74, 6) is 0.542. The van der Waals surface area contributed by atoms with Gasteiger partial charge in [-0.05, 0) is 23.8 Å². The minimum Gasteiger partial charge on any atom is -0.493 e. The minimum atomic E-state index is -0.558. The van der Waals surface area contributed by atoms with E-state index < -0.39 is 5.82 Å². The molecule has 0 saturated carbocycles. The van der Waals surface area contributed by atoms with E-state index >= 15 is 0 Å². The lowest BCUT2D eigenvalue weighted by molar-refractivity contribution is 0.112. The van der Waals surface area contributed by atoms with Crippen molar-refractivity contribution in [3.05, 3.63) is 47.8 Å². The first kappa shape index (κ1) is 13.1. The van der Waals surface area contributed by atoms with Crippen LogP contribution < -0.4 is 9.47 Å². The van der Waals surface area contributed by atoms with Crippen molar-refractivity contribution in [3.63, 3.8) is 0 Å². The van der Waals surface area contributed by atoms with Crippen LogP contribution in [0.5, 0.6) is 11.5 Å². The molecule has 0 aliphatic carbocycles. The van der Waals surface area contributed by atoms with Gasteiger partial charge in [-0.15, -0.1) is 0 Å². The van der Waals surface area contributed by atoms with Crippen molar-refractivity contribution in [1.29, 1.82) is 0 Å². The van der Waals surface area contributed by atoms with Gasteiger partial charge in [0.2, 0.25) is 0 Å². The molecule has 19 heavy (non-hydrogen) atoms. The van der Waals surface area contributed by atoms with Crippen LogP contribution in [-0.4, -0.2) is 20.5 Å². The van der Waals surface area contributed by atoms with Crippen LogP contribution in [0.1, 0.15) is 10.4 Å². The second-order valence-electron chi connectivity index (χ2n) is 3.90. The van der Waals surface area contributed by atoms with E-state index in [1.165, 1.54) is 26.4 Å². The number of para-hydroxylation sites is 1. The summed E-state index contributed by atoms with van der Waals surface area (Å²) in [5, 5.41) is 0. The molecule has 98 valence electrons. The van der Waals surface area contributed by atoms with Crippen LogP contribution >= 0.6 is 0 Å². The highest BCUT2D eigenvalue weighted by molar-refractivity contribution is 5.79. The molecule has 0 bridgehead atoms. The van der Waals surface area contributed by atoms with E-state index in [9.17, 15) is 9.18 Å². The predicted octanol–water partition coefficient (Wildman–Crippen LogP) is 3.32. The molecule has 0 radical (unpaired) electrons. The molecule has 2 rings (SSSR count). The van der Waals surface area contributed by atoms with Gasteiger partial charge in [-0.3, -0.25) is 4.79 Å². The van der Waals surface area contributed by atoms with Gasteiger partial charge < -0.3 is 9.47 Å². The van der Waals surface area contributed by atoms with Gasteiger partial charge in [0, 0.05) is 5.56 Å². The van der Waals surface area contributed by atoms with Crippen LogP contribution in [0.4, 0.5) is 4.39 Å². The monoisotopic (exact) mass is 260 g/mol. The summed E-state index contributed by atoms with van der Waals surface area (Å²) in [6, 6.07) is 9.78. The molecule has 2 aromatic carbocycles. The maximum Gasteiger partial charge on any atom is 0.168 e. The summed E-state index contributed by atoms with van der Waals surface area (Å²) in [6.07, 6.45) is 0.488. The van der Waals surface area contributed by atoms with Gasteiger partial charge in [-0.1, -0.05) is 18.2 Å². The standard InChI is InChI=1S/C15H13FO3/c1-18-14-5-3-4-12(15(14)19-2)10-6-7-11(9-17)13(16)8-10/h3-9H,1-2H3. The van der Waals surface area contributed by atoms with Crippen molar-refractivity contribution < 1.29 is 18.7 Å². The van der Waals surface area contributed by atoms with Crippen LogP contribution in [0.3, 0.4) is 0 Å². The number of rotatable bonds is 4. The van der Waals surface area contributed by atoms with E-state index in [-0.39, 0.29) is 5.56 Å². The fraction of sp³-hybridized carbons (Fsp3) is 0.133. The van der Waals surface area contributed by atoms with Crippen molar-refractivity contribution >= 4 is 6.29 Å². The first-order valence-electron chi connectivity index (χ1n) is 5.67. The number of ether oxygens (including phenoxy) is 2. The number of methoxy groups -OCH3 is 2. The van der Waals surface area contributed by atoms with Crippen molar-refractivity contribution in [3.8, 4) is 22.6 Å². The number of aldehydes is 1. The molecule has 0 aliphatic heterocycles. The number of hydrogen-bond donors (Lipinski definition) is 0. The van der Waals surface area contributed by atoms with Crippen molar-refractivity contribution in [2.75, 3.05) is 14.2 Å². The summed E-state index contributed by atoms with van der Waals surface area (Å²) in [4.78, 5) is 10.6. The molecule has 0 fully saturated rings.